The number of halogens is 3. The fourth-order valence-corrected chi connectivity index (χ4v) is 4.23. The van der Waals surface area contributed by atoms with Gasteiger partial charge in [0.05, 0.1) is 21.6 Å². The fraction of sp³-hybridized carbons (Fsp3) is 0.0588. The number of alkyl halides is 1. The van der Waals surface area contributed by atoms with Crippen LogP contribution in [-0.2, 0) is 4.79 Å². The average molecular weight is 457 g/mol. The lowest BCUT2D eigenvalue weighted by atomic mass is 10.1. The predicted octanol–water partition coefficient (Wildman–Crippen LogP) is 5.17. The molecule has 4 rings (SSSR count). The van der Waals surface area contributed by atoms with E-state index in [0.29, 0.717) is 11.4 Å². The van der Waals surface area contributed by atoms with Crippen molar-refractivity contribution in [2.45, 2.75) is 5.38 Å². The maximum absolute atomic E-state index is 11.8. The van der Waals surface area contributed by atoms with E-state index < -0.39 is 11.3 Å². The molecule has 4 nitrogen and oxygen atoms in total. The van der Waals surface area contributed by atoms with E-state index >= 15 is 0 Å². The Bertz CT molecular complexity index is 1070. The van der Waals surface area contributed by atoms with Gasteiger partial charge in [-0.1, -0.05) is 51.5 Å². The van der Waals surface area contributed by atoms with E-state index in [1.54, 1.807) is 11.3 Å². The van der Waals surface area contributed by atoms with Crippen molar-refractivity contribution in [3.63, 3.8) is 0 Å². The first kappa shape index (κ1) is 18.2. The van der Waals surface area contributed by atoms with E-state index in [-0.39, 0.29) is 12.4 Å². The number of para-hydroxylation sites is 1. The number of nitrogens with zero attached hydrogens (tertiary/aromatic N) is 2. The number of nitrogens with two attached hydrogens (primary N) is 1. The highest BCUT2D eigenvalue weighted by Gasteiger charge is 2.27. The van der Waals surface area contributed by atoms with Crippen LogP contribution >= 0.6 is 51.3 Å². The summed E-state index contributed by atoms with van der Waals surface area (Å²) >= 11 is 11.3. The highest BCUT2D eigenvalue weighted by molar-refractivity contribution is 9.10. The number of imidazole rings is 1. The summed E-state index contributed by atoms with van der Waals surface area (Å²) < 4.78 is 3.98. The molecule has 0 aliphatic rings. The van der Waals surface area contributed by atoms with E-state index in [0.717, 1.165) is 25.2 Å². The third kappa shape index (κ3) is 3.04. The van der Waals surface area contributed by atoms with Crippen LogP contribution < -0.4 is 5.73 Å². The number of thiazole rings is 1. The standard InChI is InChI=1S/C17H11BrClN3OS.ClH/c18-10-7-5-9(6-8-10)14-15(13(19)16(20)23)22-11-3-1-2-4-12(11)24-17(22)21-14;/h1-8,13H,(H2,20,23);1H. The molecule has 0 radical (unpaired) electrons. The van der Waals surface area contributed by atoms with Gasteiger partial charge in [0, 0.05) is 10.0 Å². The maximum Gasteiger partial charge on any atom is 0.241 e. The minimum atomic E-state index is -0.961. The normalized spacial score (nSPS) is 12.2. The number of carbonyl (C=O) groups excluding carboxylic acids is 1. The summed E-state index contributed by atoms with van der Waals surface area (Å²) in [6.07, 6.45) is 0. The van der Waals surface area contributed by atoms with Gasteiger partial charge in [-0.15, -0.1) is 24.0 Å². The Hall–Kier alpha value is -1.60. The molecule has 25 heavy (non-hydrogen) atoms. The van der Waals surface area contributed by atoms with Gasteiger partial charge < -0.3 is 5.73 Å². The Labute approximate surface area is 167 Å². The van der Waals surface area contributed by atoms with Gasteiger partial charge in [0.1, 0.15) is 0 Å². The smallest absolute Gasteiger partial charge is 0.241 e. The van der Waals surface area contributed by atoms with Gasteiger partial charge in [0.15, 0.2) is 10.3 Å². The largest absolute Gasteiger partial charge is 0.368 e. The van der Waals surface area contributed by atoms with Gasteiger partial charge in [-0.3, -0.25) is 9.20 Å². The number of benzene rings is 2. The number of hydrogen-bond acceptors (Lipinski definition) is 3. The molecule has 128 valence electrons. The Morgan fingerprint density at radius 3 is 2.56 bits per heavy atom. The number of aromatic nitrogens is 2. The summed E-state index contributed by atoms with van der Waals surface area (Å²) in [5, 5.41) is -0.961. The Morgan fingerprint density at radius 1 is 1.20 bits per heavy atom. The second-order valence-corrected chi connectivity index (χ2v) is 7.67. The van der Waals surface area contributed by atoms with Crippen LogP contribution in [0.4, 0.5) is 0 Å². The quantitative estimate of drug-likeness (QED) is 0.432. The van der Waals surface area contributed by atoms with Crippen molar-refractivity contribution >= 4 is 72.4 Å². The molecule has 2 aromatic carbocycles. The molecule has 0 aliphatic heterocycles. The van der Waals surface area contributed by atoms with E-state index in [1.165, 1.54) is 0 Å². The minimum absolute atomic E-state index is 0. The number of fused-ring (bicyclic) bond motifs is 3. The zero-order chi connectivity index (χ0) is 16.8. The number of primary amides is 1. The van der Waals surface area contributed by atoms with Crippen molar-refractivity contribution in [2.75, 3.05) is 0 Å². The van der Waals surface area contributed by atoms with Crippen LogP contribution in [0, 0.1) is 0 Å². The SMILES string of the molecule is Cl.NC(=O)C(Cl)c1c(-c2ccc(Br)cc2)nc2sc3ccccc3n12. The van der Waals surface area contributed by atoms with Crippen molar-refractivity contribution in [2.24, 2.45) is 5.73 Å². The summed E-state index contributed by atoms with van der Waals surface area (Å²) in [5.41, 5.74) is 8.63. The molecular formula is C17H12BrCl2N3OS. The molecule has 2 heterocycles. The number of carbonyl (C=O) groups is 1. The third-order valence-corrected chi connectivity index (χ3v) is 5.77. The Kier molecular flexibility index (Phi) is 5.06. The first-order valence-electron chi connectivity index (χ1n) is 7.15. The van der Waals surface area contributed by atoms with Gasteiger partial charge in [-0.25, -0.2) is 4.98 Å². The summed E-state index contributed by atoms with van der Waals surface area (Å²) in [4.78, 5) is 17.3. The van der Waals surface area contributed by atoms with Crippen molar-refractivity contribution in [3.8, 4) is 11.3 Å². The van der Waals surface area contributed by atoms with Crippen LogP contribution in [0.25, 0.3) is 26.4 Å². The topological polar surface area (TPSA) is 60.4 Å². The van der Waals surface area contributed by atoms with Gasteiger partial charge in [0.2, 0.25) is 5.91 Å². The number of amides is 1. The lowest BCUT2D eigenvalue weighted by molar-refractivity contribution is -0.117. The summed E-state index contributed by atoms with van der Waals surface area (Å²) in [6, 6.07) is 15.7. The first-order chi connectivity index (χ1) is 11.6. The molecule has 1 unspecified atom stereocenters. The molecule has 2 aromatic heterocycles. The van der Waals surface area contributed by atoms with Crippen LogP contribution in [0.2, 0.25) is 0 Å². The average Bonchev–Trinajstić information content (AvgIpc) is 3.10. The number of rotatable bonds is 3. The van der Waals surface area contributed by atoms with E-state index in [9.17, 15) is 4.79 Å². The molecule has 2 N–H and O–H groups in total. The molecule has 8 heteroatoms. The molecular weight excluding hydrogens is 445 g/mol. The van der Waals surface area contributed by atoms with Crippen LogP contribution in [0.5, 0.6) is 0 Å². The molecule has 1 amide bonds. The van der Waals surface area contributed by atoms with E-state index in [1.807, 2.05) is 52.9 Å². The van der Waals surface area contributed by atoms with Crippen molar-refractivity contribution in [1.82, 2.24) is 9.38 Å². The maximum atomic E-state index is 11.8. The van der Waals surface area contributed by atoms with Crippen LogP contribution in [-0.4, -0.2) is 15.3 Å². The van der Waals surface area contributed by atoms with Gasteiger partial charge in [-0.05, 0) is 24.3 Å². The lowest BCUT2D eigenvalue weighted by Crippen LogP contribution is -2.18. The van der Waals surface area contributed by atoms with Gasteiger partial charge in [-0.2, -0.15) is 0 Å². The molecule has 0 saturated heterocycles. The van der Waals surface area contributed by atoms with Gasteiger partial charge in [0.25, 0.3) is 0 Å². The zero-order valence-electron chi connectivity index (χ0n) is 12.6. The third-order valence-electron chi connectivity index (χ3n) is 3.80. The van der Waals surface area contributed by atoms with Crippen LogP contribution in [0.15, 0.2) is 53.0 Å². The first-order valence-corrected chi connectivity index (χ1v) is 9.20. The zero-order valence-corrected chi connectivity index (χ0v) is 16.6. The molecule has 0 spiro atoms. The molecule has 4 aromatic rings. The highest BCUT2D eigenvalue weighted by atomic mass is 79.9. The Morgan fingerprint density at radius 2 is 1.88 bits per heavy atom. The van der Waals surface area contributed by atoms with Crippen LogP contribution in [0.1, 0.15) is 11.1 Å². The van der Waals surface area contributed by atoms with Crippen LogP contribution in [0.3, 0.4) is 0 Å². The molecule has 0 fully saturated rings. The van der Waals surface area contributed by atoms with Crippen molar-refractivity contribution in [3.05, 3.63) is 58.7 Å². The second-order valence-electron chi connectivity index (χ2n) is 5.31. The summed E-state index contributed by atoms with van der Waals surface area (Å²) in [6.45, 7) is 0. The summed E-state index contributed by atoms with van der Waals surface area (Å²) in [7, 11) is 0. The predicted molar refractivity (Wildman–Crippen MR) is 109 cm³/mol. The summed E-state index contributed by atoms with van der Waals surface area (Å²) in [5.74, 6) is -0.591. The van der Waals surface area contributed by atoms with Crippen molar-refractivity contribution < 1.29 is 4.79 Å². The Balaban J connectivity index is 0.00000182. The van der Waals surface area contributed by atoms with E-state index in [2.05, 4.69) is 15.9 Å². The van der Waals surface area contributed by atoms with Crippen molar-refractivity contribution in [1.29, 1.82) is 0 Å². The molecule has 0 aliphatic carbocycles. The second kappa shape index (κ2) is 6.96. The molecule has 1 atom stereocenters. The lowest BCUT2D eigenvalue weighted by Gasteiger charge is -2.09. The number of hydrogen-bond donors (Lipinski definition) is 1. The highest BCUT2D eigenvalue weighted by Crippen LogP contribution is 2.37. The fourth-order valence-electron chi connectivity index (χ4n) is 2.73. The monoisotopic (exact) mass is 455 g/mol. The minimum Gasteiger partial charge on any atom is -0.368 e. The van der Waals surface area contributed by atoms with Gasteiger partial charge >= 0.3 is 0 Å². The van der Waals surface area contributed by atoms with E-state index in [4.69, 9.17) is 22.3 Å². The molecule has 0 bridgehead atoms. The molecule has 0 saturated carbocycles.